The van der Waals surface area contributed by atoms with Crippen molar-refractivity contribution in [3.05, 3.63) is 34.6 Å². The van der Waals surface area contributed by atoms with Gasteiger partial charge in [-0.25, -0.2) is 9.18 Å². The van der Waals surface area contributed by atoms with Gasteiger partial charge in [0, 0.05) is 30.2 Å². The van der Waals surface area contributed by atoms with E-state index in [0.717, 1.165) is 25.6 Å². The maximum Gasteiger partial charge on any atom is 0.328 e. The number of rotatable bonds is 3. The summed E-state index contributed by atoms with van der Waals surface area (Å²) in [5.74, 6) is -1.45. The van der Waals surface area contributed by atoms with Crippen LogP contribution in [0.4, 0.5) is 4.39 Å². The lowest BCUT2D eigenvalue weighted by Gasteiger charge is -2.38. The van der Waals surface area contributed by atoms with Crippen LogP contribution < -0.4 is 5.32 Å². The summed E-state index contributed by atoms with van der Waals surface area (Å²) in [6.45, 7) is 4.48. The molecule has 1 heterocycles. The number of hydrogen-bond donors (Lipinski definition) is 2. The molecule has 110 valence electrons. The van der Waals surface area contributed by atoms with Crippen molar-refractivity contribution in [2.45, 2.75) is 18.9 Å². The van der Waals surface area contributed by atoms with E-state index in [1.165, 1.54) is 12.1 Å². The number of nitrogens with one attached hydrogen (secondary N) is 1. The Kier molecular flexibility index (Phi) is 4.62. The van der Waals surface area contributed by atoms with Crippen LogP contribution in [0.2, 0.25) is 5.02 Å². The lowest BCUT2D eigenvalue weighted by atomic mass is 9.89. The minimum atomic E-state index is -1.25. The zero-order valence-electron chi connectivity index (χ0n) is 11.3. The number of carboxylic acids is 1. The number of benzene rings is 1. The molecule has 1 atom stereocenters. The van der Waals surface area contributed by atoms with E-state index in [0.29, 0.717) is 18.7 Å². The van der Waals surface area contributed by atoms with Crippen LogP contribution in [0.25, 0.3) is 0 Å². The molecule has 0 aliphatic carbocycles. The first-order chi connectivity index (χ1) is 9.46. The highest BCUT2D eigenvalue weighted by Gasteiger charge is 2.42. The summed E-state index contributed by atoms with van der Waals surface area (Å²) in [4.78, 5) is 13.7. The van der Waals surface area contributed by atoms with Gasteiger partial charge in [0.15, 0.2) is 0 Å². The van der Waals surface area contributed by atoms with E-state index in [-0.39, 0.29) is 5.02 Å². The fourth-order valence-electron chi connectivity index (χ4n) is 2.60. The smallest absolute Gasteiger partial charge is 0.328 e. The van der Waals surface area contributed by atoms with Crippen LogP contribution in [0, 0.1) is 5.82 Å². The second-order valence-electron chi connectivity index (χ2n) is 5.09. The topological polar surface area (TPSA) is 52.6 Å². The Morgan fingerprint density at radius 2 is 2.20 bits per heavy atom. The van der Waals surface area contributed by atoms with Crippen LogP contribution in [-0.2, 0) is 10.3 Å². The summed E-state index contributed by atoms with van der Waals surface area (Å²) in [5, 5.41) is 13.1. The van der Waals surface area contributed by atoms with Crippen molar-refractivity contribution in [1.82, 2.24) is 10.2 Å². The molecule has 2 N–H and O–H groups in total. The summed E-state index contributed by atoms with van der Waals surface area (Å²) in [5.41, 5.74) is -0.827. The largest absolute Gasteiger partial charge is 0.480 e. The molecule has 1 aliphatic heterocycles. The fourth-order valence-corrected chi connectivity index (χ4v) is 2.95. The summed E-state index contributed by atoms with van der Waals surface area (Å²) in [6, 6.07) is 3.87. The van der Waals surface area contributed by atoms with E-state index in [4.69, 9.17) is 11.6 Å². The number of carboxylic acid groups (broad SMARTS) is 1. The summed E-state index contributed by atoms with van der Waals surface area (Å²) < 4.78 is 13.2. The van der Waals surface area contributed by atoms with Crippen LogP contribution in [0.3, 0.4) is 0 Å². The molecule has 4 nitrogen and oxygen atoms in total. The average Bonchev–Trinajstić information content (AvgIpc) is 2.66. The molecule has 0 aromatic heterocycles. The van der Waals surface area contributed by atoms with Gasteiger partial charge in [0.1, 0.15) is 11.4 Å². The Labute approximate surface area is 122 Å². The Hall–Kier alpha value is -1.17. The molecule has 1 unspecified atom stereocenters. The Morgan fingerprint density at radius 3 is 2.85 bits per heavy atom. The highest BCUT2D eigenvalue weighted by atomic mass is 35.5. The maximum absolute atomic E-state index is 13.2. The monoisotopic (exact) mass is 300 g/mol. The minimum absolute atomic E-state index is 0.145. The highest BCUT2D eigenvalue weighted by molar-refractivity contribution is 6.31. The van der Waals surface area contributed by atoms with Crippen molar-refractivity contribution in [1.29, 1.82) is 0 Å². The quantitative estimate of drug-likeness (QED) is 0.897. The number of carbonyl (C=O) groups is 1. The average molecular weight is 301 g/mol. The zero-order valence-corrected chi connectivity index (χ0v) is 12.1. The van der Waals surface area contributed by atoms with E-state index in [1.54, 1.807) is 6.92 Å². The number of hydrogen-bond acceptors (Lipinski definition) is 3. The third-order valence-corrected chi connectivity index (χ3v) is 4.16. The fraction of sp³-hybridized carbons (Fsp3) is 0.500. The summed E-state index contributed by atoms with van der Waals surface area (Å²) in [7, 11) is 0. The molecular weight excluding hydrogens is 283 g/mol. The van der Waals surface area contributed by atoms with Gasteiger partial charge in [-0.1, -0.05) is 17.7 Å². The lowest BCUT2D eigenvalue weighted by Crippen LogP contribution is -2.51. The first kappa shape index (κ1) is 15.2. The van der Waals surface area contributed by atoms with Gasteiger partial charge in [-0.3, -0.25) is 4.90 Å². The molecule has 1 aromatic carbocycles. The predicted octanol–water partition coefficient (Wildman–Crippen LogP) is 2.07. The van der Waals surface area contributed by atoms with E-state index in [1.807, 2.05) is 4.90 Å². The first-order valence-corrected chi connectivity index (χ1v) is 6.98. The Balaban J connectivity index is 2.44. The van der Waals surface area contributed by atoms with E-state index in [2.05, 4.69) is 5.32 Å². The number of halogens is 2. The van der Waals surface area contributed by atoms with Crippen LogP contribution in [0.5, 0.6) is 0 Å². The van der Waals surface area contributed by atoms with Crippen molar-refractivity contribution in [3.8, 4) is 0 Å². The van der Waals surface area contributed by atoms with E-state index >= 15 is 0 Å². The maximum atomic E-state index is 13.2. The normalized spacial score (nSPS) is 20.1. The minimum Gasteiger partial charge on any atom is -0.480 e. The molecular formula is C14H18ClFN2O2. The van der Waals surface area contributed by atoms with Gasteiger partial charge < -0.3 is 10.4 Å². The number of aliphatic carboxylic acids is 1. The molecule has 0 bridgehead atoms. The van der Waals surface area contributed by atoms with Crippen molar-refractivity contribution < 1.29 is 14.3 Å². The standard InChI is InChI=1S/C14H18ClFN2O2/c1-14(13(19)20,18-7-2-5-17-6-8-18)11-4-3-10(16)9-12(11)15/h3-4,9,17H,2,5-8H2,1H3,(H,19,20). The predicted molar refractivity (Wildman–Crippen MR) is 75.5 cm³/mol. The van der Waals surface area contributed by atoms with Gasteiger partial charge in [0.2, 0.25) is 0 Å². The van der Waals surface area contributed by atoms with E-state index < -0.39 is 17.3 Å². The zero-order chi connectivity index (χ0) is 14.8. The van der Waals surface area contributed by atoms with Crippen molar-refractivity contribution in [2.24, 2.45) is 0 Å². The first-order valence-electron chi connectivity index (χ1n) is 6.61. The molecule has 1 saturated heterocycles. The molecule has 20 heavy (non-hydrogen) atoms. The molecule has 1 fully saturated rings. The van der Waals surface area contributed by atoms with Gasteiger partial charge in [-0.05, 0) is 32.0 Å². The molecule has 1 aliphatic rings. The molecule has 0 spiro atoms. The number of nitrogens with zero attached hydrogens (tertiary/aromatic N) is 1. The van der Waals surface area contributed by atoms with Gasteiger partial charge in [-0.2, -0.15) is 0 Å². The van der Waals surface area contributed by atoms with Gasteiger partial charge >= 0.3 is 5.97 Å². The van der Waals surface area contributed by atoms with Gasteiger partial charge in [-0.15, -0.1) is 0 Å². The molecule has 2 rings (SSSR count). The van der Waals surface area contributed by atoms with Gasteiger partial charge in [0.25, 0.3) is 0 Å². The Bertz CT molecular complexity index is 504. The molecule has 0 radical (unpaired) electrons. The van der Waals surface area contributed by atoms with Crippen molar-refractivity contribution >= 4 is 17.6 Å². The van der Waals surface area contributed by atoms with Crippen molar-refractivity contribution in [2.75, 3.05) is 26.2 Å². The molecule has 6 heteroatoms. The third kappa shape index (κ3) is 2.80. The lowest BCUT2D eigenvalue weighted by molar-refractivity contribution is -0.151. The second-order valence-corrected chi connectivity index (χ2v) is 5.50. The molecule has 0 amide bonds. The van der Waals surface area contributed by atoms with Crippen molar-refractivity contribution in [3.63, 3.8) is 0 Å². The molecule has 1 aromatic rings. The van der Waals surface area contributed by atoms with Crippen LogP contribution >= 0.6 is 11.6 Å². The van der Waals surface area contributed by atoms with Gasteiger partial charge in [0.05, 0.1) is 0 Å². The van der Waals surface area contributed by atoms with Crippen LogP contribution in [0.1, 0.15) is 18.9 Å². The van der Waals surface area contributed by atoms with E-state index in [9.17, 15) is 14.3 Å². The van der Waals surface area contributed by atoms with Crippen LogP contribution in [0.15, 0.2) is 18.2 Å². The summed E-state index contributed by atoms with van der Waals surface area (Å²) >= 11 is 6.07. The highest BCUT2D eigenvalue weighted by Crippen LogP contribution is 2.34. The molecule has 0 saturated carbocycles. The Morgan fingerprint density at radius 1 is 1.45 bits per heavy atom. The third-order valence-electron chi connectivity index (χ3n) is 3.84. The second kappa shape index (κ2) is 6.08. The summed E-state index contributed by atoms with van der Waals surface area (Å²) in [6.07, 6.45) is 0.863. The van der Waals surface area contributed by atoms with Crippen LogP contribution in [-0.4, -0.2) is 42.2 Å². The SMILES string of the molecule is CC(C(=O)O)(c1ccc(F)cc1Cl)N1CCCNCC1.